The molecule has 0 aromatic carbocycles. The number of nitrogens with zero attached hydrogens (tertiary/aromatic N) is 6. The van der Waals surface area contributed by atoms with Crippen LogP contribution in [-0.4, -0.2) is 234 Å². The molecule has 0 fully saturated rings. The first kappa shape index (κ1) is 38.4. The fourth-order valence-corrected chi connectivity index (χ4v) is 4.39. The molecule has 14 heteroatoms. The minimum Gasteiger partial charge on any atom is -0.395 e. The Kier molecular flexibility index (Phi) is 27.2. The summed E-state index contributed by atoms with van der Waals surface area (Å²) in [6.45, 7) is 9.68. The molecule has 0 unspecified atom stereocenters. The van der Waals surface area contributed by atoms with Gasteiger partial charge in [0.25, 0.3) is 0 Å². The third kappa shape index (κ3) is 20.9. The average Bonchev–Trinajstić information content (AvgIpc) is 2.92. The molecule has 0 aromatic heterocycles. The lowest BCUT2D eigenvalue weighted by Crippen LogP contribution is -2.49. The van der Waals surface area contributed by atoms with Crippen molar-refractivity contribution in [1.29, 1.82) is 0 Å². The van der Waals surface area contributed by atoms with Gasteiger partial charge in [-0.15, -0.1) is 0 Å². The van der Waals surface area contributed by atoms with Crippen molar-refractivity contribution < 1.29 is 40.9 Å². The molecule has 0 spiro atoms. The van der Waals surface area contributed by atoms with E-state index < -0.39 is 0 Å². The van der Waals surface area contributed by atoms with Crippen molar-refractivity contribution in [3.05, 3.63) is 0 Å². The van der Waals surface area contributed by atoms with Crippen LogP contribution in [0.15, 0.2) is 0 Å². The molecule has 236 valence electrons. The lowest BCUT2D eigenvalue weighted by molar-refractivity contribution is 0.0681. The van der Waals surface area contributed by atoms with Crippen LogP contribution in [-0.2, 0) is 0 Å². The summed E-state index contributed by atoms with van der Waals surface area (Å²) in [6.07, 6.45) is 0. The van der Waals surface area contributed by atoms with E-state index in [2.05, 4.69) is 9.80 Å². The maximum absolute atomic E-state index is 9.41. The Morgan fingerprint density at radius 3 is 0.513 bits per heavy atom. The SMILES string of the molecule is OCCN(CCO)CCN(CCN(CCO)CCO)CN(CCN(CCO)CCO)CCN(CCO)CCO. The first-order valence-electron chi connectivity index (χ1n) is 14.2. The van der Waals surface area contributed by atoms with E-state index in [0.717, 1.165) is 0 Å². The Hall–Kier alpha value is -0.560. The van der Waals surface area contributed by atoms with E-state index in [9.17, 15) is 40.9 Å². The van der Waals surface area contributed by atoms with Gasteiger partial charge >= 0.3 is 0 Å². The molecule has 0 saturated carbocycles. The highest BCUT2D eigenvalue weighted by molar-refractivity contribution is 4.71. The summed E-state index contributed by atoms with van der Waals surface area (Å²) in [4.78, 5) is 12.6. The molecule has 0 amide bonds. The largest absolute Gasteiger partial charge is 0.395 e. The third-order valence-electron chi connectivity index (χ3n) is 6.66. The van der Waals surface area contributed by atoms with Gasteiger partial charge in [0.2, 0.25) is 0 Å². The van der Waals surface area contributed by atoms with E-state index in [1.165, 1.54) is 0 Å². The second-order valence-electron chi connectivity index (χ2n) is 9.53. The van der Waals surface area contributed by atoms with Crippen LogP contribution in [0, 0.1) is 0 Å². The highest BCUT2D eigenvalue weighted by Gasteiger charge is 2.17. The Morgan fingerprint density at radius 2 is 0.359 bits per heavy atom. The summed E-state index contributed by atoms with van der Waals surface area (Å²) >= 11 is 0. The predicted octanol–water partition coefficient (Wildman–Crippen LogP) is -5.31. The van der Waals surface area contributed by atoms with Crippen LogP contribution in [0.4, 0.5) is 0 Å². The van der Waals surface area contributed by atoms with Crippen LogP contribution in [0.2, 0.25) is 0 Å². The van der Waals surface area contributed by atoms with E-state index in [1.54, 1.807) is 0 Å². The molecule has 39 heavy (non-hydrogen) atoms. The van der Waals surface area contributed by atoms with E-state index in [-0.39, 0.29) is 52.9 Å². The van der Waals surface area contributed by atoms with Gasteiger partial charge in [0, 0.05) is 105 Å². The first-order valence-corrected chi connectivity index (χ1v) is 14.2. The van der Waals surface area contributed by atoms with Gasteiger partial charge in [-0.1, -0.05) is 0 Å². The van der Waals surface area contributed by atoms with Crippen molar-refractivity contribution in [2.75, 3.05) is 164 Å². The number of rotatable bonds is 30. The molecule has 0 aromatic rings. The second-order valence-corrected chi connectivity index (χ2v) is 9.53. The third-order valence-corrected chi connectivity index (χ3v) is 6.66. The smallest absolute Gasteiger partial charge is 0.0558 e. The molecule has 0 atom stereocenters. The van der Waals surface area contributed by atoms with Gasteiger partial charge in [0.05, 0.1) is 59.5 Å². The molecular weight excluding hydrogens is 512 g/mol. The Morgan fingerprint density at radius 1 is 0.205 bits per heavy atom. The van der Waals surface area contributed by atoms with Crippen LogP contribution in [0.25, 0.3) is 0 Å². The van der Waals surface area contributed by atoms with Gasteiger partial charge < -0.3 is 40.9 Å². The van der Waals surface area contributed by atoms with E-state index in [0.29, 0.717) is 111 Å². The van der Waals surface area contributed by atoms with E-state index >= 15 is 0 Å². The van der Waals surface area contributed by atoms with Gasteiger partial charge in [-0.2, -0.15) is 0 Å². The minimum atomic E-state index is 0.00397. The lowest BCUT2D eigenvalue weighted by Gasteiger charge is -2.35. The second kappa shape index (κ2) is 27.6. The molecule has 0 rings (SSSR count). The number of aliphatic hydroxyl groups excluding tert-OH is 8. The zero-order chi connectivity index (χ0) is 29.1. The van der Waals surface area contributed by atoms with Crippen molar-refractivity contribution in [3.8, 4) is 0 Å². The zero-order valence-electron chi connectivity index (χ0n) is 23.9. The van der Waals surface area contributed by atoms with Crippen LogP contribution in [0.3, 0.4) is 0 Å². The predicted molar refractivity (Wildman–Crippen MR) is 150 cm³/mol. The molecule has 0 heterocycles. The summed E-state index contributed by atoms with van der Waals surface area (Å²) in [6, 6.07) is 0. The van der Waals surface area contributed by atoms with E-state index in [4.69, 9.17) is 0 Å². The number of hydrogen-bond acceptors (Lipinski definition) is 14. The van der Waals surface area contributed by atoms with Crippen molar-refractivity contribution in [1.82, 2.24) is 29.4 Å². The highest BCUT2D eigenvalue weighted by atomic mass is 16.3. The molecule has 8 N–H and O–H groups in total. The van der Waals surface area contributed by atoms with Crippen LogP contribution in [0.1, 0.15) is 0 Å². The minimum absolute atomic E-state index is 0.00397. The van der Waals surface area contributed by atoms with Crippen LogP contribution in [0.5, 0.6) is 0 Å². The maximum Gasteiger partial charge on any atom is 0.0558 e. The van der Waals surface area contributed by atoms with Gasteiger partial charge in [0.15, 0.2) is 0 Å². The summed E-state index contributed by atoms with van der Waals surface area (Å²) in [7, 11) is 0. The number of aliphatic hydroxyl groups is 8. The van der Waals surface area contributed by atoms with Gasteiger partial charge in [-0.25, -0.2) is 0 Å². The fraction of sp³-hybridized carbons (Fsp3) is 1.00. The molecule has 0 aliphatic carbocycles. The summed E-state index contributed by atoms with van der Waals surface area (Å²) in [5.41, 5.74) is 0. The average molecular weight is 571 g/mol. The molecule has 0 aliphatic rings. The summed E-state index contributed by atoms with van der Waals surface area (Å²) < 4.78 is 0. The van der Waals surface area contributed by atoms with Crippen molar-refractivity contribution in [2.24, 2.45) is 0 Å². The molecule has 0 bridgehead atoms. The summed E-state index contributed by atoms with van der Waals surface area (Å²) in [5, 5.41) is 75.3. The van der Waals surface area contributed by atoms with Crippen LogP contribution < -0.4 is 0 Å². The topological polar surface area (TPSA) is 181 Å². The quantitative estimate of drug-likeness (QED) is 0.0384. The molecule has 0 aliphatic heterocycles. The standard InChI is InChI=1S/C25H58N6O8/c32-17-9-26(10-18-33)1-5-30(6-2-27(11-19-34)12-20-35)25-31(7-3-28(13-21-36)14-22-37)8-4-29(15-23-38)16-24-39/h32-39H,1-25H2. The van der Waals surface area contributed by atoms with Gasteiger partial charge in [-0.05, 0) is 0 Å². The molecule has 14 nitrogen and oxygen atoms in total. The normalized spacial score (nSPS) is 12.5. The van der Waals surface area contributed by atoms with Crippen molar-refractivity contribution in [3.63, 3.8) is 0 Å². The van der Waals surface area contributed by atoms with E-state index in [1.807, 2.05) is 19.6 Å². The Bertz CT molecular complexity index is 411. The monoisotopic (exact) mass is 570 g/mol. The lowest BCUT2D eigenvalue weighted by atomic mass is 10.3. The van der Waals surface area contributed by atoms with Gasteiger partial charge in [0.1, 0.15) is 0 Å². The summed E-state index contributed by atoms with van der Waals surface area (Å²) in [5.74, 6) is 0. The Labute approximate surface area is 234 Å². The molecular formula is C25H58N6O8. The van der Waals surface area contributed by atoms with Gasteiger partial charge in [-0.3, -0.25) is 29.4 Å². The maximum atomic E-state index is 9.41. The fourth-order valence-electron chi connectivity index (χ4n) is 4.39. The van der Waals surface area contributed by atoms with Crippen LogP contribution >= 0.6 is 0 Å². The first-order chi connectivity index (χ1) is 19.0. The number of hydrogen-bond donors (Lipinski definition) is 8. The molecule has 0 saturated heterocycles. The zero-order valence-corrected chi connectivity index (χ0v) is 23.9. The highest BCUT2D eigenvalue weighted by Crippen LogP contribution is 2.02. The molecule has 0 radical (unpaired) electrons. The Balaban J connectivity index is 5.59. The van der Waals surface area contributed by atoms with Crippen molar-refractivity contribution in [2.45, 2.75) is 0 Å². The van der Waals surface area contributed by atoms with Crippen molar-refractivity contribution >= 4 is 0 Å².